The third kappa shape index (κ3) is 1.79. The maximum atomic E-state index is 13.8. The van der Waals surface area contributed by atoms with Crippen LogP contribution in [0.15, 0.2) is 54.7 Å². The van der Waals surface area contributed by atoms with Gasteiger partial charge in [0.25, 0.3) is 0 Å². The van der Waals surface area contributed by atoms with Crippen molar-refractivity contribution in [1.29, 1.82) is 0 Å². The van der Waals surface area contributed by atoms with Crippen molar-refractivity contribution in [2.45, 2.75) is 6.17 Å². The lowest BCUT2D eigenvalue weighted by atomic mass is 10.1. The van der Waals surface area contributed by atoms with E-state index in [0.717, 1.165) is 0 Å². The van der Waals surface area contributed by atoms with Crippen molar-refractivity contribution in [3.8, 4) is 0 Å². The molecule has 0 aliphatic carbocycles. The summed E-state index contributed by atoms with van der Waals surface area (Å²) in [6, 6.07) is 14.3. The monoisotopic (exact) mass is 187 g/mol. The van der Waals surface area contributed by atoms with Crippen LogP contribution in [0.25, 0.3) is 0 Å². The van der Waals surface area contributed by atoms with Crippen LogP contribution in [0.5, 0.6) is 0 Å². The second-order valence-electron chi connectivity index (χ2n) is 3.03. The van der Waals surface area contributed by atoms with Crippen LogP contribution in [-0.4, -0.2) is 4.98 Å². The molecule has 2 rings (SSSR count). The molecule has 70 valence electrons. The zero-order valence-electron chi connectivity index (χ0n) is 7.60. The summed E-state index contributed by atoms with van der Waals surface area (Å²) in [5.74, 6) is 0. The van der Waals surface area contributed by atoms with Gasteiger partial charge in [-0.05, 0) is 17.7 Å². The van der Waals surface area contributed by atoms with Crippen molar-refractivity contribution in [1.82, 2.24) is 4.98 Å². The summed E-state index contributed by atoms with van der Waals surface area (Å²) in [7, 11) is 0. The third-order valence-corrected chi connectivity index (χ3v) is 2.04. The Kier molecular flexibility index (Phi) is 2.54. The number of pyridine rings is 1. The van der Waals surface area contributed by atoms with Gasteiger partial charge in [-0.3, -0.25) is 4.98 Å². The lowest BCUT2D eigenvalue weighted by Gasteiger charge is -2.06. The van der Waals surface area contributed by atoms with E-state index in [2.05, 4.69) is 4.98 Å². The van der Waals surface area contributed by atoms with E-state index in [-0.39, 0.29) is 0 Å². The van der Waals surface area contributed by atoms with Crippen LogP contribution in [0.4, 0.5) is 4.39 Å². The predicted octanol–water partition coefficient (Wildman–Crippen LogP) is 3.14. The molecular weight excluding hydrogens is 177 g/mol. The smallest absolute Gasteiger partial charge is 0.167 e. The molecule has 0 fully saturated rings. The van der Waals surface area contributed by atoms with E-state index < -0.39 is 6.17 Å². The van der Waals surface area contributed by atoms with E-state index in [1.54, 1.807) is 36.5 Å². The molecule has 1 heterocycles. The summed E-state index contributed by atoms with van der Waals surface area (Å²) < 4.78 is 13.8. The fourth-order valence-corrected chi connectivity index (χ4v) is 1.32. The van der Waals surface area contributed by atoms with Gasteiger partial charge in [-0.2, -0.15) is 0 Å². The third-order valence-electron chi connectivity index (χ3n) is 2.04. The predicted molar refractivity (Wildman–Crippen MR) is 53.6 cm³/mol. The Morgan fingerprint density at radius 2 is 1.64 bits per heavy atom. The highest BCUT2D eigenvalue weighted by Gasteiger charge is 2.12. The van der Waals surface area contributed by atoms with Crippen molar-refractivity contribution < 1.29 is 4.39 Å². The molecule has 1 unspecified atom stereocenters. The highest BCUT2D eigenvalue weighted by atomic mass is 19.1. The second-order valence-corrected chi connectivity index (χ2v) is 3.03. The first-order valence-electron chi connectivity index (χ1n) is 4.48. The Labute approximate surface area is 82.2 Å². The topological polar surface area (TPSA) is 12.9 Å². The molecule has 0 amide bonds. The second kappa shape index (κ2) is 4.01. The molecule has 0 N–H and O–H groups in total. The molecule has 14 heavy (non-hydrogen) atoms. The number of rotatable bonds is 2. The molecular formula is C12H10FN. The summed E-state index contributed by atoms with van der Waals surface area (Å²) in [5, 5.41) is 0. The Balaban J connectivity index is 2.30. The summed E-state index contributed by atoms with van der Waals surface area (Å²) in [4.78, 5) is 3.98. The molecule has 2 heteroatoms. The number of hydrogen-bond acceptors (Lipinski definition) is 1. The zero-order chi connectivity index (χ0) is 9.80. The van der Waals surface area contributed by atoms with E-state index in [0.29, 0.717) is 11.3 Å². The van der Waals surface area contributed by atoms with Gasteiger partial charge in [0, 0.05) is 6.20 Å². The highest BCUT2D eigenvalue weighted by Crippen LogP contribution is 2.23. The van der Waals surface area contributed by atoms with E-state index in [1.807, 2.05) is 18.2 Å². The summed E-state index contributed by atoms with van der Waals surface area (Å²) in [5.41, 5.74) is 1.10. The van der Waals surface area contributed by atoms with E-state index in [1.165, 1.54) is 0 Å². The van der Waals surface area contributed by atoms with Crippen molar-refractivity contribution >= 4 is 0 Å². The molecule has 2 aromatic rings. The summed E-state index contributed by atoms with van der Waals surface area (Å²) >= 11 is 0. The number of halogens is 1. The lowest BCUT2D eigenvalue weighted by molar-refractivity contribution is 0.393. The standard InChI is InChI=1S/C12H10FN/c13-12(10-6-2-1-3-7-10)11-8-4-5-9-14-11/h1-9,12H. The number of benzene rings is 1. The lowest BCUT2D eigenvalue weighted by Crippen LogP contribution is -1.96. The minimum Gasteiger partial charge on any atom is -0.258 e. The number of hydrogen-bond donors (Lipinski definition) is 0. The normalized spacial score (nSPS) is 12.4. The molecule has 1 atom stereocenters. The maximum absolute atomic E-state index is 13.8. The molecule has 0 aliphatic rings. The molecule has 0 bridgehead atoms. The first kappa shape index (κ1) is 8.88. The Morgan fingerprint density at radius 3 is 2.29 bits per heavy atom. The quantitative estimate of drug-likeness (QED) is 0.703. The van der Waals surface area contributed by atoms with Gasteiger partial charge in [0.05, 0.1) is 5.69 Å². The Morgan fingerprint density at radius 1 is 0.929 bits per heavy atom. The SMILES string of the molecule is FC(c1ccccc1)c1ccccn1. The molecule has 0 radical (unpaired) electrons. The molecule has 0 saturated carbocycles. The number of nitrogens with zero attached hydrogens (tertiary/aromatic N) is 1. The van der Waals surface area contributed by atoms with Crippen LogP contribution >= 0.6 is 0 Å². The van der Waals surface area contributed by atoms with Crippen molar-refractivity contribution in [2.24, 2.45) is 0 Å². The number of aromatic nitrogens is 1. The van der Waals surface area contributed by atoms with E-state index >= 15 is 0 Å². The average Bonchev–Trinajstić information content (AvgIpc) is 2.30. The highest BCUT2D eigenvalue weighted by molar-refractivity contribution is 5.25. The van der Waals surface area contributed by atoms with Crippen LogP contribution < -0.4 is 0 Å². The van der Waals surface area contributed by atoms with Gasteiger partial charge in [0.15, 0.2) is 6.17 Å². The van der Waals surface area contributed by atoms with Crippen LogP contribution in [0.3, 0.4) is 0 Å². The van der Waals surface area contributed by atoms with Gasteiger partial charge in [0.2, 0.25) is 0 Å². The average molecular weight is 187 g/mol. The van der Waals surface area contributed by atoms with Gasteiger partial charge in [0.1, 0.15) is 0 Å². The Bertz CT molecular complexity index is 346. The minimum atomic E-state index is -1.13. The first-order chi connectivity index (χ1) is 6.88. The molecule has 0 saturated heterocycles. The summed E-state index contributed by atoms with van der Waals surface area (Å²) in [6.07, 6.45) is 0.475. The molecule has 1 aromatic heterocycles. The zero-order valence-corrected chi connectivity index (χ0v) is 7.60. The van der Waals surface area contributed by atoms with Gasteiger partial charge in [-0.25, -0.2) is 4.39 Å². The van der Waals surface area contributed by atoms with Gasteiger partial charge in [-0.1, -0.05) is 36.4 Å². The first-order valence-corrected chi connectivity index (χ1v) is 4.48. The summed E-state index contributed by atoms with van der Waals surface area (Å²) in [6.45, 7) is 0. The van der Waals surface area contributed by atoms with Crippen LogP contribution in [0, 0.1) is 0 Å². The molecule has 1 nitrogen and oxygen atoms in total. The fourth-order valence-electron chi connectivity index (χ4n) is 1.32. The van der Waals surface area contributed by atoms with E-state index in [9.17, 15) is 4.39 Å². The Hall–Kier alpha value is -1.70. The van der Waals surface area contributed by atoms with Crippen LogP contribution in [0.2, 0.25) is 0 Å². The van der Waals surface area contributed by atoms with Crippen LogP contribution in [-0.2, 0) is 0 Å². The van der Waals surface area contributed by atoms with Crippen molar-refractivity contribution in [3.63, 3.8) is 0 Å². The largest absolute Gasteiger partial charge is 0.258 e. The number of alkyl halides is 1. The fraction of sp³-hybridized carbons (Fsp3) is 0.0833. The molecule has 1 aromatic carbocycles. The van der Waals surface area contributed by atoms with Gasteiger partial charge in [-0.15, -0.1) is 0 Å². The van der Waals surface area contributed by atoms with Crippen molar-refractivity contribution in [3.05, 3.63) is 66.0 Å². The minimum absolute atomic E-state index is 0.457. The van der Waals surface area contributed by atoms with Crippen LogP contribution in [0.1, 0.15) is 17.4 Å². The van der Waals surface area contributed by atoms with Gasteiger partial charge >= 0.3 is 0 Å². The molecule has 0 spiro atoms. The van der Waals surface area contributed by atoms with Gasteiger partial charge < -0.3 is 0 Å². The molecule has 0 aliphatic heterocycles. The maximum Gasteiger partial charge on any atom is 0.167 e. The van der Waals surface area contributed by atoms with E-state index in [4.69, 9.17) is 0 Å². The van der Waals surface area contributed by atoms with Crippen molar-refractivity contribution in [2.75, 3.05) is 0 Å².